The van der Waals surface area contributed by atoms with Crippen molar-refractivity contribution in [3.63, 3.8) is 0 Å². The molecule has 0 fully saturated rings. The summed E-state index contributed by atoms with van der Waals surface area (Å²) in [4.78, 5) is 22.9. The second-order valence-corrected chi connectivity index (χ2v) is 4.00. The molecule has 0 aromatic carbocycles. The molecule has 1 amide bonds. The van der Waals surface area contributed by atoms with E-state index in [2.05, 4.69) is 5.32 Å². The SMILES string of the molecule is COCC(C)NC(=O)Cn1cccc1C(C)=O. The van der Waals surface area contributed by atoms with Gasteiger partial charge in [-0.05, 0) is 19.1 Å². The van der Waals surface area contributed by atoms with Crippen molar-refractivity contribution < 1.29 is 14.3 Å². The molecule has 1 aromatic heterocycles. The Labute approximate surface area is 101 Å². The Morgan fingerprint density at radius 3 is 2.82 bits per heavy atom. The van der Waals surface area contributed by atoms with E-state index in [4.69, 9.17) is 4.74 Å². The van der Waals surface area contributed by atoms with Gasteiger partial charge in [0.1, 0.15) is 6.54 Å². The quantitative estimate of drug-likeness (QED) is 0.747. The minimum Gasteiger partial charge on any atom is -0.383 e. The molecule has 0 saturated carbocycles. The summed E-state index contributed by atoms with van der Waals surface area (Å²) < 4.78 is 6.56. The highest BCUT2D eigenvalue weighted by molar-refractivity contribution is 5.93. The highest BCUT2D eigenvalue weighted by Crippen LogP contribution is 2.03. The van der Waals surface area contributed by atoms with Crippen LogP contribution in [0.3, 0.4) is 0 Å². The molecule has 1 heterocycles. The first-order chi connectivity index (χ1) is 8.04. The number of hydrogen-bond donors (Lipinski definition) is 1. The van der Waals surface area contributed by atoms with Gasteiger partial charge in [-0.3, -0.25) is 9.59 Å². The molecule has 1 rings (SSSR count). The van der Waals surface area contributed by atoms with Crippen molar-refractivity contribution >= 4 is 11.7 Å². The van der Waals surface area contributed by atoms with Crippen LogP contribution in [0.2, 0.25) is 0 Å². The number of Topliss-reactive ketones (excluding diaryl/α,β-unsaturated/α-hetero) is 1. The molecule has 0 saturated heterocycles. The topological polar surface area (TPSA) is 60.3 Å². The number of rotatable bonds is 6. The summed E-state index contributed by atoms with van der Waals surface area (Å²) in [5, 5.41) is 2.79. The Morgan fingerprint density at radius 1 is 1.53 bits per heavy atom. The van der Waals surface area contributed by atoms with Crippen LogP contribution < -0.4 is 5.32 Å². The molecular formula is C12H18N2O3. The zero-order chi connectivity index (χ0) is 12.8. The Kier molecular flexibility index (Phi) is 4.90. The van der Waals surface area contributed by atoms with Crippen molar-refractivity contribution in [2.75, 3.05) is 13.7 Å². The number of nitrogens with zero attached hydrogens (tertiary/aromatic N) is 1. The van der Waals surface area contributed by atoms with Crippen molar-refractivity contribution in [2.24, 2.45) is 0 Å². The number of ether oxygens (including phenoxy) is 1. The molecule has 5 heteroatoms. The van der Waals surface area contributed by atoms with Gasteiger partial charge in [0, 0.05) is 26.3 Å². The molecule has 0 aliphatic rings. The number of amides is 1. The van der Waals surface area contributed by atoms with Gasteiger partial charge in [-0.25, -0.2) is 0 Å². The van der Waals surface area contributed by atoms with Crippen molar-refractivity contribution in [1.82, 2.24) is 9.88 Å². The van der Waals surface area contributed by atoms with Crippen LogP contribution >= 0.6 is 0 Å². The van der Waals surface area contributed by atoms with Crippen LogP contribution in [0.5, 0.6) is 0 Å². The van der Waals surface area contributed by atoms with Crippen LogP contribution in [0.4, 0.5) is 0 Å². The van der Waals surface area contributed by atoms with E-state index >= 15 is 0 Å². The standard InChI is InChI=1S/C12H18N2O3/c1-9(8-17-3)13-12(16)7-14-6-4-5-11(14)10(2)15/h4-6,9H,7-8H2,1-3H3,(H,13,16). The molecule has 1 aromatic rings. The van der Waals surface area contributed by atoms with Crippen LogP contribution in [-0.2, 0) is 16.1 Å². The molecule has 1 unspecified atom stereocenters. The minimum absolute atomic E-state index is 0.0381. The van der Waals surface area contributed by atoms with Gasteiger partial charge in [0.15, 0.2) is 5.78 Å². The zero-order valence-electron chi connectivity index (χ0n) is 10.4. The molecule has 0 radical (unpaired) electrons. The molecular weight excluding hydrogens is 220 g/mol. The molecule has 0 bridgehead atoms. The molecule has 5 nitrogen and oxygen atoms in total. The summed E-state index contributed by atoms with van der Waals surface area (Å²) in [7, 11) is 1.59. The van der Waals surface area contributed by atoms with Crippen molar-refractivity contribution in [3.05, 3.63) is 24.0 Å². The first kappa shape index (κ1) is 13.4. The van der Waals surface area contributed by atoms with E-state index < -0.39 is 0 Å². The number of carbonyl (C=O) groups is 2. The van der Waals surface area contributed by atoms with Crippen LogP contribution in [0.1, 0.15) is 24.3 Å². The molecule has 0 spiro atoms. The highest BCUT2D eigenvalue weighted by Gasteiger charge is 2.11. The van der Waals surface area contributed by atoms with Crippen LogP contribution in [0.15, 0.2) is 18.3 Å². The lowest BCUT2D eigenvalue weighted by molar-refractivity contribution is -0.122. The molecule has 1 N–H and O–H groups in total. The predicted octanol–water partition coefficient (Wildman–Crippen LogP) is 0.842. The second-order valence-electron chi connectivity index (χ2n) is 4.00. The number of hydrogen-bond acceptors (Lipinski definition) is 3. The van der Waals surface area contributed by atoms with E-state index in [0.717, 1.165) is 0 Å². The average molecular weight is 238 g/mol. The fourth-order valence-corrected chi connectivity index (χ4v) is 1.64. The van der Waals surface area contributed by atoms with Gasteiger partial charge in [-0.15, -0.1) is 0 Å². The Hall–Kier alpha value is -1.62. The zero-order valence-corrected chi connectivity index (χ0v) is 10.4. The average Bonchev–Trinajstić information content (AvgIpc) is 2.65. The monoisotopic (exact) mass is 238 g/mol. The second kappa shape index (κ2) is 6.20. The summed E-state index contributed by atoms with van der Waals surface area (Å²) >= 11 is 0. The van der Waals surface area contributed by atoms with Gasteiger partial charge >= 0.3 is 0 Å². The van der Waals surface area contributed by atoms with Crippen molar-refractivity contribution in [2.45, 2.75) is 26.4 Å². The largest absolute Gasteiger partial charge is 0.383 e. The molecule has 0 aliphatic heterocycles. The normalized spacial score (nSPS) is 12.2. The third kappa shape index (κ3) is 4.03. The maximum atomic E-state index is 11.7. The fourth-order valence-electron chi connectivity index (χ4n) is 1.64. The maximum absolute atomic E-state index is 11.7. The smallest absolute Gasteiger partial charge is 0.240 e. The lowest BCUT2D eigenvalue weighted by Gasteiger charge is -2.13. The summed E-state index contributed by atoms with van der Waals surface area (Å²) in [6.45, 7) is 3.97. The Bertz CT molecular complexity index is 398. The summed E-state index contributed by atoms with van der Waals surface area (Å²) in [6, 6.07) is 3.42. The Balaban J connectivity index is 2.56. The van der Waals surface area contributed by atoms with Gasteiger partial charge in [0.05, 0.1) is 12.3 Å². The maximum Gasteiger partial charge on any atom is 0.240 e. The lowest BCUT2D eigenvalue weighted by atomic mass is 10.3. The van der Waals surface area contributed by atoms with E-state index in [1.54, 1.807) is 30.0 Å². The number of carbonyl (C=O) groups excluding carboxylic acids is 2. The van der Waals surface area contributed by atoms with Gasteiger partial charge in [-0.2, -0.15) is 0 Å². The van der Waals surface area contributed by atoms with E-state index in [-0.39, 0.29) is 24.3 Å². The highest BCUT2D eigenvalue weighted by atomic mass is 16.5. The van der Waals surface area contributed by atoms with E-state index in [1.165, 1.54) is 6.92 Å². The van der Waals surface area contributed by atoms with Crippen LogP contribution in [-0.4, -0.2) is 36.0 Å². The van der Waals surface area contributed by atoms with Crippen molar-refractivity contribution in [1.29, 1.82) is 0 Å². The van der Waals surface area contributed by atoms with Gasteiger partial charge in [-0.1, -0.05) is 0 Å². The van der Waals surface area contributed by atoms with Gasteiger partial charge < -0.3 is 14.6 Å². The van der Waals surface area contributed by atoms with Crippen LogP contribution in [0, 0.1) is 0 Å². The van der Waals surface area contributed by atoms with Crippen LogP contribution in [0.25, 0.3) is 0 Å². The predicted molar refractivity (Wildman–Crippen MR) is 63.9 cm³/mol. The van der Waals surface area contributed by atoms with E-state index in [0.29, 0.717) is 12.3 Å². The summed E-state index contributed by atoms with van der Waals surface area (Å²) in [5.74, 6) is -0.180. The number of ketones is 1. The molecule has 94 valence electrons. The molecule has 0 aliphatic carbocycles. The number of nitrogens with one attached hydrogen (secondary N) is 1. The number of methoxy groups -OCH3 is 1. The summed E-state index contributed by atoms with van der Waals surface area (Å²) in [5.41, 5.74) is 0.541. The first-order valence-electron chi connectivity index (χ1n) is 5.49. The van der Waals surface area contributed by atoms with E-state index in [9.17, 15) is 9.59 Å². The van der Waals surface area contributed by atoms with Gasteiger partial charge in [0.25, 0.3) is 0 Å². The molecule has 1 atom stereocenters. The fraction of sp³-hybridized carbons (Fsp3) is 0.500. The summed E-state index contributed by atoms with van der Waals surface area (Å²) in [6.07, 6.45) is 1.72. The first-order valence-corrected chi connectivity index (χ1v) is 5.49. The lowest BCUT2D eigenvalue weighted by Crippen LogP contribution is -2.37. The third-order valence-corrected chi connectivity index (χ3v) is 2.33. The minimum atomic E-state index is -0.131. The number of aromatic nitrogens is 1. The van der Waals surface area contributed by atoms with E-state index in [1.807, 2.05) is 6.92 Å². The third-order valence-electron chi connectivity index (χ3n) is 2.33. The Morgan fingerprint density at radius 2 is 2.24 bits per heavy atom. The molecule has 17 heavy (non-hydrogen) atoms. The van der Waals surface area contributed by atoms with Gasteiger partial charge in [0.2, 0.25) is 5.91 Å². The van der Waals surface area contributed by atoms with Crippen molar-refractivity contribution in [3.8, 4) is 0 Å².